The van der Waals surface area contributed by atoms with Gasteiger partial charge < -0.3 is 0 Å². The summed E-state index contributed by atoms with van der Waals surface area (Å²) in [5.74, 6) is 0. The Hall–Kier alpha value is 0.510. The minimum absolute atomic E-state index is 0. The third kappa shape index (κ3) is 109. The van der Waals surface area contributed by atoms with Crippen LogP contribution in [0.4, 0.5) is 12.6 Å². The Morgan fingerprint density at radius 3 is 1.00 bits per heavy atom. The molecule has 0 aliphatic heterocycles. The molecule has 0 aliphatic carbocycles. The molecule has 0 spiro atoms. The van der Waals surface area contributed by atoms with Gasteiger partial charge in [-0.05, 0) is 0 Å². The number of hydrogen-bond acceptors (Lipinski definition) is 0. The lowest BCUT2D eigenvalue weighted by molar-refractivity contribution is 0.633. The molecule has 0 aromatic rings. The van der Waals surface area contributed by atoms with Crippen molar-refractivity contribution in [2.24, 2.45) is 0 Å². The van der Waals surface area contributed by atoms with Crippen LogP contribution < -0.4 is 0 Å². The van der Waals surface area contributed by atoms with Gasteiger partial charge in [-0.25, -0.2) is 0 Å². The van der Waals surface area contributed by atoms with Crippen molar-refractivity contribution in [1.29, 1.82) is 0 Å². The quantitative estimate of drug-likeness (QED) is 0.435. The lowest BCUT2D eigenvalue weighted by Gasteiger charge is -1.61. The summed E-state index contributed by atoms with van der Waals surface area (Å²) in [5, 5.41) is 0. The molecule has 0 amide bonds. The van der Waals surface area contributed by atoms with Gasteiger partial charge >= 0.3 is 8.85 Å². The third-order valence-corrected chi connectivity index (χ3v) is 0. The lowest BCUT2D eigenvalue weighted by Crippen LogP contribution is -1.10. The molecule has 5 heteroatoms. The molecule has 5 heavy (non-hydrogen) atoms. The van der Waals surface area contributed by atoms with Crippen molar-refractivity contribution < 1.29 is 12.6 Å². The van der Waals surface area contributed by atoms with E-state index in [0.717, 1.165) is 0 Å². The molecule has 0 aliphatic rings. The smallest absolute Gasteiger partial charge is 0.152 e. The second kappa shape index (κ2) is 4.51. The summed E-state index contributed by atoms with van der Waals surface area (Å²) >= 11 is 0. The third-order valence-electron chi connectivity index (χ3n) is 0. The first-order chi connectivity index (χ1) is 1.73. The van der Waals surface area contributed by atoms with Gasteiger partial charge in [0, 0.05) is 0 Å². The topological polar surface area (TPSA) is 0 Å². The van der Waals surface area contributed by atoms with Gasteiger partial charge in [0.1, 0.15) is 0 Å². The molecule has 0 saturated carbocycles. The van der Waals surface area contributed by atoms with E-state index in [9.17, 15) is 12.6 Å². The van der Waals surface area contributed by atoms with Gasteiger partial charge in [-0.15, -0.1) is 12.4 Å². The summed E-state index contributed by atoms with van der Waals surface area (Å²) in [6.45, 7) is 0. The van der Waals surface area contributed by atoms with Gasteiger partial charge in [0.2, 0.25) is 0 Å². The molecule has 0 atom stereocenters. The van der Waals surface area contributed by atoms with E-state index in [1.54, 1.807) is 0 Å². The molecular weight excluding hydrogens is 123 g/mol. The van der Waals surface area contributed by atoms with E-state index < -0.39 is 8.85 Å². The average Bonchev–Trinajstić information content (AvgIpc) is 0.811. The maximum Gasteiger partial charge on any atom is 0.456 e. The fourth-order valence-electron chi connectivity index (χ4n) is 0. The van der Waals surface area contributed by atoms with Crippen LogP contribution in [0.1, 0.15) is 0 Å². The Balaban J connectivity index is 0. The van der Waals surface area contributed by atoms with E-state index in [2.05, 4.69) is 0 Å². The van der Waals surface area contributed by atoms with Crippen molar-refractivity contribution in [2.75, 3.05) is 0 Å². The zero-order chi connectivity index (χ0) is 3.58. The predicted octanol–water partition coefficient (Wildman–Crippen LogP) is 2.54. The van der Waals surface area contributed by atoms with Crippen LogP contribution in [0, 0.1) is 0 Å². The zero-order valence-corrected chi connectivity index (χ0v) is 3.70. The van der Waals surface area contributed by atoms with Gasteiger partial charge in [0.05, 0.1) is 0 Å². The Bertz CT molecular complexity index is 11.6. The van der Waals surface area contributed by atoms with Crippen LogP contribution in [-0.4, -0.2) is 0 Å². The highest BCUT2D eigenvalue weighted by molar-refractivity contribution is 7.40. The molecule has 0 bridgehead atoms. The van der Waals surface area contributed by atoms with E-state index in [1.165, 1.54) is 0 Å². The fraction of sp³-hybridized carbons (Fsp3) is 0. The molecule has 0 aromatic carbocycles. The molecule has 0 saturated heterocycles. The minimum Gasteiger partial charge on any atom is -0.152 e. The largest absolute Gasteiger partial charge is 0.456 e. The van der Waals surface area contributed by atoms with E-state index in [4.69, 9.17) is 0 Å². The van der Waals surface area contributed by atoms with Crippen LogP contribution in [0.25, 0.3) is 0 Å². The fourth-order valence-corrected chi connectivity index (χ4v) is 0. The average molecular weight is 124 g/mol. The highest BCUT2D eigenvalue weighted by Crippen LogP contribution is 2.39. The van der Waals surface area contributed by atoms with Crippen molar-refractivity contribution in [3.8, 4) is 0 Å². The van der Waals surface area contributed by atoms with Crippen molar-refractivity contribution in [3.63, 3.8) is 0 Å². The first kappa shape index (κ1) is 9.10. The van der Waals surface area contributed by atoms with Crippen LogP contribution in [0.15, 0.2) is 0 Å². The Labute approximate surface area is 34.9 Å². The van der Waals surface area contributed by atoms with Crippen molar-refractivity contribution >= 4 is 21.3 Å². The van der Waals surface area contributed by atoms with Crippen LogP contribution in [0.3, 0.4) is 0 Å². The molecule has 34 valence electrons. The SMILES string of the molecule is Cl.FP(F)F. The molecule has 0 fully saturated rings. The van der Waals surface area contributed by atoms with Crippen LogP contribution in [0.2, 0.25) is 0 Å². The summed E-state index contributed by atoms with van der Waals surface area (Å²) < 4.78 is 29.2. The summed E-state index contributed by atoms with van der Waals surface area (Å²) in [5.41, 5.74) is 0. The zero-order valence-electron chi connectivity index (χ0n) is 1.99. The van der Waals surface area contributed by atoms with Crippen LogP contribution >= 0.6 is 21.3 Å². The van der Waals surface area contributed by atoms with Crippen LogP contribution in [-0.2, 0) is 0 Å². The highest BCUT2D eigenvalue weighted by Gasteiger charge is 1.91. The maximum absolute atomic E-state index is 9.73. The van der Waals surface area contributed by atoms with Crippen molar-refractivity contribution in [2.45, 2.75) is 0 Å². The second-order valence-corrected chi connectivity index (χ2v) is 0.575. The summed E-state index contributed by atoms with van der Waals surface area (Å²) in [7, 11) is -4.12. The molecule has 0 unspecified atom stereocenters. The summed E-state index contributed by atoms with van der Waals surface area (Å²) in [4.78, 5) is 0. The van der Waals surface area contributed by atoms with Crippen molar-refractivity contribution in [3.05, 3.63) is 0 Å². The first-order valence-corrected chi connectivity index (χ1v) is 1.52. The normalized spacial score (nSPS) is 7.20. The number of rotatable bonds is 0. The molecule has 0 N–H and O–H groups in total. The summed E-state index contributed by atoms with van der Waals surface area (Å²) in [6.07, 6.45) is 0. The second-order valence-electron chi connectivity index (χ2n) is 0.192. The number of halogens is 4. The Morgan fingerprint density at radius 2 is 1.00 bits per heavy atom. The standard InChI is InChI=1S/ClH.F3P/c;1-4(2)3/h1H;. The maximum atomic E-state index is 9.73. The molecule has 0 aromatic heterocycles. The Morgan fingerprint density at radius 1 is 1.00 bits per heavy atom. The van der Waals surface area contributed by atoms with Gasteiger partial charge in [-0.1, -0.05) is 0 Å². The van der Waals surface area contributed by atoms with E-state index in [-0.39, 0.29) is 12.4 Å². The predicted molar refractivity (Wildman–Crippen MR) is 17.5 cm³/mol. The van der Waals surface area contributed by atoms with Crippen molar-refractivity contribution in [1.82, 2.24) is 0 Å². The molecular formula is HClF3P. The molecule has 0 rings (SSSR count). The van der Waals surface area contributed by atoms with Gasteiger partial charge in [-0.3, -0.25) is 0 Å². The summed E-state index contributed by atoms with van der Waals surface area (Å²) in [6, 6.07) is 0. The van der Waals surface area contributed by atoms with Crippen LogP contribution in [0.5, 0.6) is 0 Å². The highest BCUT2D eigenvalue weighted by atomic mass is 35.5. The van der Waals surface area contributed by atoms with E-state index in [1.807, 2.05) is 0 Å². The lowest BCUT2D eigenvalue weighted by atomic mass is 18.8. The van der Waals surface area contributed by atoms with E-state index >= 15 is 0 Å². The Kier molecular flexibility index (Phi) is 8.21. The van der Waals surface area contributed by atoms with Gasteiger partial charge in [0.15, 0.2) is 0 Å². The number of hydrogen-bond donors (Lipinski definition) is 0. The molecule has 0 heterocycles. The minimum atomic E-state index is -4.12. The monoisotopic (exact) mass is 124 g/mol. The van der Waals surface area contributed by atoms with E-state index in [0.29, 0.717) is 0 Å². The molecule has 0 nitrogen and oxygen atoms in total. The van der Waals surface area contributed by atoms with Gasteiger partial charge in [-0.2, -0.15) is 12.6 Å². The first-order valence-electron chi connectivity index (χ1n) is 0.507. The van der Waals surface area contributed by atoms with Gasteiger partial charge in [0.25, 0.3) is 0 Å². The molecule has 0 radical (unpaired) electrons.